The number of imidazole rings is 1. The van der Waals surface area contributed by atoms with Crippen LogP contribution in [-0.4, -0.2) is 9.55 Å². The number of hydrogen-bond acceptors (Lipinski definition) is 2. The number of benzene rings is 1. The van der Waals surface area contributed by atoms with E-state index in [1.54, 1.807) is 24.0 Å². The smallest absolute Gasteiger partial charge is 0.167 e. The Morgan fingerprint density at radius 3 is 2.94 bits per heavy atom. The van der Waals surface area contributed by atoms with E-state index in [2.05, 4.69) is 4.98 Å². The third-order valence-electron chi connectivity index (χ3n) is 2.15. The third-order valence-corrected chi connectivity index (χ3v) is 3.61. The van der Waals surface area contributed by atoms with Crippen LogP contribution < -0.4 is 0 Å². The fourth-order valence-electron chi connectivity index (χ4n) is 1.27. The van der Waals surface area contributed by atoms with Crippen molar-refractivity contribution in [2.75, 3.05) is 0 Å². The molecule has 0 spiro atoms. The molecule has 0 saturated heterocycles. The van der Waals surface area contributed by atoms with Gasteiger partial charge >= 0.3 is 0 Å². The van der Waals surface area contributed by atoms with E-state index in [-0.39, 0.29) is 5.82 Å². The van der Waals surface area contributed by atoms with E-state index in [0.29, 0.717) is 10.8 Å². The van der Waals surface area contributed by atoms with Crippen molar-refractivity contribution >= 4 is 23.4 Å². The van der Waals surface area contributed by atoms with E-state index < -0.39 is 0 Å². The molecule has 0 unspecified atom stereocenters. The van der Waals surface area contributed by atoms with Crippen LogP contribution in [0.15, 0.2) is 35.7 Å². The number of aromatic nitrogens is 2. The summed E-state index contributed by atoms with van der Waals surface area (Å²) in [6, 6.07) is 4.45. The quantitative estimate of drug-likeness (QED) is 0.783. The van der Waals surface area contributed by atoms with Crippen molar-refractivity contribution in [1.29, 1.82) is 0 Å². The fourth-order valence-corrected chi connectivity index (χ4v) is 2.52. The van der Waals surface area contributed by atoms with Crippen molar-refractivity contribution in [2.45, 2.75) is 10.9 Å². The largest absolute Gasteiger partial charge is 0.329 e. The summed E-state index contributed by atoms with van der Waals surface area (Å²) in [6.45, 7) is 0. The van der Waals surface area contributed by atoms with Gasteiger partial charge in [0, 0.05) is 30.2 Å². The number of nitrogens with zero attached hydrogens (tertiary/aromatic N) is 2. The second-order valence-electron chi connectivity index (χ2n) is 3.35. The van der Waals surface area contributed by atoms with Crippen LogP contribution in [0.25, 0.3) is 0 Å². The standard InChI is InChI=1S/C11H10ClFN2S/c1-15-5-4-14-11(15)16-7-8-2-3-9(13)6-10(8)12/h2-6H,7H2,1H3. The van der Waals surface area contributed by atoms with Gasteiger partial charge in [0.25, 0.3) is 0 Å². The molecule has 0 fully saturated rings. The van der Waals surface area contributed by atoms with Crippen molar-refractivity contribution in [3.8, 4) is 0 Å². The Hall–Kier alpha value is -1.00. The maximum atomic E-state index is 12.8. The highest BCUT2D eigenvalue weighted by Gasteiger charge is 2.05. The highest BCUT2D eigenvalue weighted by atomic mass is 35.5. The van der Waals surface area contributed by atoms with Gasteiger partial charge < -0.3 is 4.57 Å². The predicted molar refractivity (Wildman–Crippen MR) is 64.2 cm³/mol. The molecular formula is C11H10ClFN2S. The summed E-state index contributed by atoms with van der Waals surface area (Å²) in [7, 11) is 1.93. The van der Waals surface area contributed by atoms with Gasteiger partial charge in [0.1, 0.15) is 5.82 Å². The first-order valence-electron chi connectivity index (χ1n) is 4.71. The molecule has 0 aliphatic rings. The Morgan fingerprint density at radius 2 is 2.31 bits per heavy atom. The van der Waals surface area contributed by atoms with Crippen LogP contribution in [-0.2, 0) is 12.8 Å². The van der Waals surface area contributed by atoms with Crippen LogP contribution >= 0.6 is 23.4 Å². The summed E-state index contributed by atoms with van der Waals surface area (Å²) in [5, 5.41) is 1.38. The van der Waals surface area contributed by atoms with E-state index in [1.165, 1.54) is 12.1 Å². The van der Waals surface area contributed by atoms with Crippen molar-refractivity contribution in [3.05, 3.63) is 47.0 Å². The molecule has 16 heavy (non-hydrogen) atoms. The fraction of sp³-hybridized carbons (Fsp3) is 0.182. The monoisotopic (exact) mass is 256 g/mol. The molecule has 0 amide bonds. The lowest BCUT2D eigenvalue weighted by atomic mass is 10.2. The molecule has 0 aliphatic heterocycles. The van der Waals surface area contributed by atoms with Crippen molar-refractivity contribution in [3.63, 3.8) is 0 Å². The predicted octanol–water partition coefficient (Wildman–Crippen LogP) is 3.50. The molecule has 2 rings (SSSR count). The van der Waals surface area contributed by atoms with Crippen LogP contribution in [0.2, 0.25) is 5.02 Å². The molecule has 1 aromatic heterocycles. The second-order valence-corrected chi connectivity index (χ2v) is 4.69. The summed E-state index contributed by atoms with van der Waals surface area (Å²) in [5.41, 5.74) is 0.913. The third kappa shape index (κ3) is 2.57. The van der Waals surface area contributed by atoms with Crippen molar-refractivity contribution in [2.24, 2.45) is 7.05 Å². The maximum absolute atomic E-state index is 12.8. The molecule has 1 aromatic carbocycles. The Kier molecular flexibility index (Phi) is 3.51. The molecule has 1 heterocycles. The van der Waals surface area contributed by atoms with Crippen LogP contribution in [0.1, 0.15) is 5.56 Å². The molecule has 0 radical (unpaired) electrons. The Labute approximate surface area is 102 Å². The van der Waals surface area contributed by atoms with Gasteiger partial charge in [0.2, 0.25) is 0 Å². The molecule has 0 atom stereocenters. The van der Waals surface area contributed by atoms with E-state index in [9.17, 15) is 4.39 Å². The first kappa shape index (κ1) is 11.5. The molecule has 84 valence electrons. The van der Waals surface area contributed by atoms with Crippen LogP contribution in [0, 0.1) is 5.82 Å². The Balaban J connectivity index is 2.08. The first-order valence-corrected chi connectivity index (χ1v) is 6.07. The van der Waals surface area contributed by atoms with E-state index in [0.717, 1.165) is 10.7 Å². The minimum Gasteiger partial charge on any atom is -0.329 e. The van der Waals surface area contributed by atoms with Gasteiger partial charge in [0.05, 0.1) is 0 Å². The summed E-state index contributed by atoms with van der Waals surface area (Å²) >= 11 is 7.50. The second kappa shape index (κ2) is 4.89. The highest BCUT2D eigenvalue weighted by Crippen LogP contribution is 2.25. The summed E-state index contributed by atoms with van der Waals surface area (Å²) in [5.74, 6) is 0.375. The SMILES string of the molecule is Cn1ccnc1SCc1ccc(F)cc1Cl. The number of rotatable bonds is 3. The summed E-state index contributed by atoms with van der Waals surface area (Å²) < 4.78 is 14.8. The van der Waals surface area contributed by atoms with Crippen LogP contribution in [0.3, 0.4) is 0 Å². The molecule has 0 bridgehead atoms. The summed E-state index contributed by atoms with van der Waals surface area (Å²) in [6.07, 6.45) is 3.63. The van der Waals surface area contributed by atoms with Crippen molar-refractivity contribution < 1.29 is 4.39 Å². The van der Waals surface area contributed by atoms with Gasteiger partial charge in [-0.25, -0.2) is 9.37 Å². The lowest BCUT2D eigenvalue weighted by Crippen LogP contribution is -1.90. The van der Waals surface area contributed by atoms with Gasteiger partial charge in [-0.1, -0.05) is 29.4 Å². The molecule has 5 heteroatoms. The van der Waals surface area contributed by atoms with Gasteiger partial charge in [0.15, 0.2) is 5.16 Å². The normalized spacial score (nSPS) is 10.7. The van der Waals surface area contributed by atoms with Crippen LogP contribution in [0.4, 0.5) is 4.39 Å². The lowest BCUT2D eigenvalue weighted by Gasteiger charge is -2.04. The Bertz CT molecular complexity index is 498. The maximum Gasteiger partial charge on any atom is 0.167 e. The van der Waals surface area contributed by atoms with Gasteiger partial charge in [-0.05, 0) is 17.7 Å². The average molecular weight is 257 g/mol. The molecular weight excluding hydrogens is 247 g/mol. The molecule has 0 aliphatic carbocycles. The minimum atomic E-state index is -0.309. The molecule has 0 N–H and O–H groups in total. The summed E-state index contributed by atoms with van der Waals surface area (Å²) in [4.78, 5) is 4.19. The van der Waals surface area contributed by atoms with Gasteiger partial charge in [-0.3, -0.25) is 0 Å². The number of hydrogen-bond donors (Lipinski definition) is 0. The number of thioether (sulfide) groups is 1. The van der Waals surface area contributed by atoms with Crippen LogP contribution in [0.5, 0.6) is 0 Å². The van der Waals surface area contributed by atoms with Gasteiger partial charge in [-0.15, -0.1) is 0 Å². The molecule has 0 saturated carbocycles. The number of halogens is 2. The van der Waals surface area contributed by atoms with E-state index in [4.69, 9.17) is 11.6 Å². The molecule has 2 nitrogen and oxygen atoms in total. The topological polar surface area (TPSA) is 17.8 Å². The number of aryl methyl sites for hydroxylation is 1. The highest BCUT2D eigenvalue weighted by molar-refractivity contribution is 7.98. The van der Waals surface area contributed by atoms with Crippen molar-refractivity contribution in [1.82, 2.24) is 9.55 Å². The first-order chi connectivity index (χ1) is 7.66. The minimum absolute atomic E-state index is 0.309. The zero-order valence-electron chi connectivity index (χ0n) is 8.65. The molecule has 2 aromatic rings. The average Bonchev–Trinajstić information content (AvgIpc) is 2.63. The Morgan fingerprint density at radius 1 is 1.50 bits per heavy atom. The van der Waals surface area contributed by atoms with Gasteiger partial charge in [-0.2, -0.15) is 0 Å². The van der Waals surface area contributed by atoms with E-state index >= 15 is 0 Å². The van der Waals surface area contributed by atoms with E-state index in [1.807, 2.05) is 17.8 Å². The zero-order chi connectivity index (χ0) is 11.5. The zero-order valence-corrected chi connectivity index (χ0v) is 10.2. The lowest BCUT2D eigenvalue weighted by molar-refractivity contribution is 0.627.